The maximum absolute atomic E-state index is 12.9. The van der Waals surface area contributed by atoms with Gasteiger partial charge in [-0.15, -0.1) is 0 Å². The van der Waals surface area contributed by atoms with Crippen molar-refractivity contribution < 1.29 is 19.1 Å². The van der Waals surface area contributed by atoms with E-state index in [0.717, 1.165) is 5.56 Å². The fraction of sp³-hybridized carbons (Fsp3) is 0.300. The van der Waals surface area contributed by atoms with Gasteiger partial charge in [-0.1, -0.05) is 30.3 Å². The third-order valence-electron chi connectivity index (χ3n) is 4.50. The molecule has 0 radical (unpaired) electrons. The summed E-state index contributed by atoms with van der Waals surface area (Å²) in [4.78, 5) is 27.4. The second-order valence-electron chi connectivity index (χ2n) is 6.15. The molecular weight excluding hydrogens is 332 g/mol. The van der Waals surface area contributed by atoms with E-state index in [0.29, 0.717) is 23.7 Å². The number of ether oxygens (including phenoxy) is 2. The fourth-order valence-corrected chi connectivity index (χ4v) is 3.05. The number of nitrogens with one attached hydrogen (secondary N) is 1. The monoisotopic (exact) mass is 354 g/mol. The molecule has 1 aliphatic heterocycles. The molecule has 26 heavy (non-hydrogen) atoms. The van der Waals surface area contributed by atoms with Crippen LogP contribution in [0.1, 0.15) is 19.4 Å². The van der Waals surface area contributed by atoms with E-state index in [1.807, 2.05) is 49.4 Å². The Morgan fingerprint density at radius 1 is 1.19 bits per heavy atom. The quantitative estimate of drug-likeness (QED) is 0.838. The first-order valence-electron chi connectivity index (χ1n) is 8.51. The van der Waals surface area contributed by atoms with Crippen LogP contribution in [0.3, 0.4) is 0 Å². The zero-order valence-corrected chi connectivity index (χ0v) is 15.1. The number of nitrogens with zero attached hydrogens (tertiary/aromatic N) is 1. The van der Waals surface area contributed by atoms with Crippen molar-refractivity contribution in [3.8, 4) is 11.5 Å². The molecule has 1 N–H and O–H groups in total. The Labute approximate surface area is 152 Å². The highest BCUT2D eigenvalue weighted by atomic mass is 16.5. The van der Waals surface area contributed by atoms with Crippen LogP contribution in [-0.4, -0.2) is 31.1 Å². The summed E-state index contributed by atoms with van der Waals surface area (Å²) in [5, 5.41) is 2.80. The number of hydrogen-bond acceptors (Lipinski definition) is 4. The molecule has 1 atom stereocenters. The molecule has 0 aliphatic carbocycles. The van der Waals surface area contributed by atoms with Crippen LogP contribution in [0.2, 0.25) is 0 Å². The Morgan fingerprint density at radius 3 is 2.62 bits per heavy atom. The van der Waals surface area contributed by atoms with Crippen LogP contribution in [-0.2, 0) is 16.1 Å². The van der Waals surface area contributed by atoms with Crippen molar-refractivity contribution in [1.29, 1.82) is 0 Å². The second-order valence-corrected chi connectivity index (χ2v) is 6.15. The van der Waals surface area contributed by atoms with Gasteiger partial charge in [0.2, 0.25) is 0 Å². The Hall–Kier alpha value is -3.02. The van der Waals surface area contributed by atoms with Crippen LogP contribution in [0.5, 0.6) is 11.5 Å². The van der Waals surface area contributed by atoms with Crippen LogP contribution in [0.25, 0.3) is 0 Å². The molecule has 136 valence electrons. The summed E-state index contributed by atoms with van der Waals surface area (Å²) in [7, 11) is 1.58. The predicted molar refractivity (Wildman–Crippen MR) is 98.3 cm³/mol. The van der Waals surface area contributed by atoms with Gasteiger partial charge in [-0.05, 0) is 32.0 Å². The molecule has 1 unspecified atom stereocenters. The topological polar surface area (TPSA) is 67.9 Å². The Kier molecular flexibility index (Phi) is 4.84. The van der Waals surface area contributed by atoms with Gasteiger partial charge >= 0.3 is 0 Å². The highest BCUT2D eigenvalue weighted by Crippen LogP contribution is 2.37. The lowest BCUT2D eigenvalue weighted by molar-refractivity contribution is -0.148. The first-order chi connectivity index (χ1) is 12.5. The van der Waals surface area contributed by atoms with Gasteiger partial charge in [0.1, 0.15) is 11.5 Å². The van der Waals surface area contributed by atoms with Crippen molar-refractivity contribution in [2.24, 2.45) is 0 Å². The van der Waals surface area contributed by atoms with Crippen molar-refractivity contribution in [1.82, 2.24) is 5.32 Å². The largest absolute Gasteiger partial charge is 0.496 e. The first-order valence-corrected chi connectivity index (χ1v) is 8.51. The third kappa shape index (κ3) is 2.98. The molecule has 0 saturated carbocycles. The van der Waals surface area contributed by atoms with Crippen LogP contribution >= 0.6 is 0 Å². The van der Waals surface area contributed by atoms with Crippen molar-refractivity contribution >= 4 is 17.5 Å². The molecule has 0 fully saturated rings. The Bertz CT molecular complexity index is 836. The van der Waals surface area contributed by atoms with E-state index in [1.165, 1.54) is 6.92 Å². The third-order valence-corrected chi connectivity index (χ3v) is 4.50. The number of amides is 2. The van der Waals surface area contributed by atoms with E-state index in [2.05, 4.69) is 5.32 Å². The standard InChI is InChI=1S/C20H22N2O4/c1-4-22-15-10-6-8-12-17(15)26-20(2,19(22)24)18(23)21-13-14-9-5-7-11-16(14)25-3/h5-12H,4,13H2,1-3H3,(H,21,23). The number of anilines is 1. The van der Waals surface area contributed by atoms with E-state index in [4.69, 9.17) is 9.47 Å². The van der Waals surface area contributed by atoms with E-state index >= 15 is 0 Å². The van der Waals surface area contributed by atoms with Gasteiger partial charge in [0.15, 0.2) is 0 Å². The molecule has 0 saturated heterocycles. The van der Waals surface area contributed by atoms with Gasteiger partial charge in [0.05, 0.1) is 12.8 Å². The van der Waals surface area contributed by atoms with Gasteiger partial charge in [-0.2, -0.15) is 0 Å². The van der Waals surface area contributed by atoms with Crippen LogP contribution < -0.4 is 19.7 Å². The average molecular weight is 354 g/mol. The van der Waals surface area contributed by atoms with Gasteiger partial charge in [-0.3, -0.25) is 9.59 Å². The van der Waals surface area contributed by atoms with Crippen molar-refractivity contribution in [3.63, 3.8) is 0 Å². The molecule has 6 nitrogen and oxygen atoms in total. The molecule has 0 aromatic heterocycles. The van der Waals surface area contributed by atoms with Crippen molar-refractivity contribution in [3.05, 3.63) is 54.1 Å². The molecular formula is C20H22N2O4. The molecule has 2 aromatic rings. The minimum Gasteiger partial charge on any atom is -0.496 e. The normalized spacial score (nSPS) is 18.7. The maximum atomic E-state index is 12.9. The summed E-state index contributed by atoms with van der Waals surface area (Å²) < 4.78 is 11.1. The number of methoxy groups -OCH3 is 1. The lowest BCUT2D eigenvalue weighted by Gasteiger charge is -2.39. The number of fused-ring (bicyclic) bond motifs is 1. The predicted octanol–water partition coefficient (Wildman–Crippen LogP) is 2.52. The minimum absolute atomic E-state index is 0.239. The molecule has 2 aromatic carbocycles. The summed E-state index contributed by atoms with van der Waals surface area (Å²) in [6, 6.07) is 14.6. The number of para-hydroxylation sites is 3. The summed E-state index contributed by atoms with van der Waals surface area (Å²) in [6.07, 6.45) is 0. The van der Waals surface area contributed by atoms with E-state index in [9.17, 15) is 9.59 Å². The summed E-state index contributed by atoms with van der Waals surface area (Å²) >= 11 is 0. The van der Waals surface area contributed by atoms with Gasteiger partial charge in [0.25, 0.3) is 17.4 Å². The summed E-state index contributed by atoms with van der Waals surface area (Å²) in [5.74, 6) is 0.329. The average Bonchev–Trinajstić information content (AvgIpc) is 2.67. The lowest BCUT2D eigenvalue weighted by atomic mass is 9.99. The molecule has 0 bridgehead atoms. The highest BCUT2D eigenvalue weighted by Gasteiger charge is 2.50. The molecule has 6 heteroatoms. The minimum atomic E-state index is -1.62. The van der Waals surface area contributed by atoms with Gasteiger partial charge < -0.3 is 19.7 Å². The number of hydrogen-bond donors (Lipinski definition) is 1. The molecule has 2 amide bonds. The SMILES string of the molecule is CCN1C(=O)C(C)(C(=O)NCc2ccccc2OC)Oc2ccccc21. The van der Waals surface area contributed by atoms with Crippen molar-refractivity contribution in [2.45, 2.75) is 26.0 Å². The van der Waals surface area contributed by atoms with E-state index in [-0.39, 0.29) is 12.5 Å². The number of carbonyl (C=O) groups excluding carboxylic acids is 2. The number of carbonyl (C=O) groups is 2. The Balaban J connectivity index is 1.83. The van der Waals surface area contributed by atoms with Crippen LogP contribution in [0, 0.1) is 0 Å². The summed E-state index contributed by atoms with van der Waals surface area (Å²) in [5.41, 5.74) is -0.121. The van der Waals surface area contributed by atoms with E-state index in [1.54, 1.807) is 18.1 Å². The number of benzene rings is 2. The molecule has 0 spiro atoms. The molecule has 3 rings (SSSR count). The molecule has 1 heterocycles. The highest BCUT2D eigenvalue weighted by molar-refractivity contribution is 6.16. The van der Waals surface area contributed by atoms with Crippen LogP contribution in [0.4, 0.5) is 5.69 Å². The fourth-order valence-electron chi connectivity index (χ4n) is 3.05. The smallest absolute Gasteiger partial charge is 0.280 e. The zero-order chi connectivity index (χ0) is 18.7. The van der Waals surface area contributed by atoms with Gasteiger partial charge in [-0.25, -0.2) is 0 Å². The van der Waals surface area contributed by atoms with E-state index < -0.39 is 11.5 Å². The lowest BCUT2D eigenvalue weighted by Crippen LogP contribution is -2.62. The maximum Gasteiger partial charge on any atom is 0.280 e. The Morgan fingerprint density at radius 2 is 1.88 bits per heavy atom. The number of likely N-dealkylation sites (N-methyl/N-ethyl adjacent to an activating group) is 1. The summed E-state index contributed by atoms with van der Waals surface area (Å²) in [6.45, 7) is 4.07. The van der Waals surface area contributed by atoms with Crippen molar-refractivity contribution in [2.75, 3.05) is 18.6 Å². The molecule has 1 aliphatic rings. The van der Waals surface area contributed by atoms with Crippen LogP contribution in [0.15, 0.2) is 48.5 Å². The van der Waals surface area contributed by atoms with Gasteiger partial charge in [0, 0.05) is 18.7 Å². The number of rotatable bonds is 5. The second kappa shape index (κ2) is 7.07. The first kappa shape index (κ1) is 17.8. The zero-order valence-electron chi connectivity index (χ0n) is 15.1.